The molecule has 0 saturated carbocycles. The van der Waals surface area contributed by atoms with E-state index in [0.29, 0.717) is 5.41 Å². The smallest absolute Gasteiger partial charge is 0.120 e. The van der Waals surface area contributed by atoms with Crippen LogP contribution < -0.4 is 5.32 Å². The van der Waals surface area contributed by atoms with Crippen LogP contribution in [0.4, 0.5) is 0 Å². The molecule has 3 nitrogen and oxygen atoms in total. The number of rotatable bonds is 6. The first-order valence-electron chi connectivity index (χ1n) is 5.77. The Balaban J connectivity index is 1.94. The molecule has 0 aliphatic heterocycles. The molecule has 3 heteroatoms. The number of H-pyrrole nitrogens is 1. The highest BCUT2D eigenvalue weighted by Crippen LogP contribution is 2.21. The number of nitrogens with zero attached hydrogens (tertiary/aromatic N) is 1. The molecule has 1 aromatic rings. The average Bonchev–Trinajstić information content (AvgIpc) is 2.61. The van der Waals surface area contributed by atoms with Crippen molar-refractivity contribution in [3.05, 3.63) is 18.2 Å². The Morgan fingerprint density at radius 2 is 2.13 bits per heavy atom. The van der Waals surface area contributed by atoms with Crippen molar-refractivity contribution in [1.29, 1.82) is 0 Å². The molecular formula is C12H23N3. The summed E-state index contributed by atoms with van der Waals surface area (Å²) in [7, 11) is 0. The number of imidazole rings is 1. The highest BCUT2D eigenvalue weighted by atomic mass is 15.0. The zero-order valence-corrected chi connectivity index (χ0v) is 10.1. The van der Waals surface area contributed by atoms with Gasteiger partial charge in [0.1, 0.15) is 5.82 Å². The fourth-order valence-corrected chi connectivity index (χ4v) is 1.51. The van der Waals surface area contributed by atoms with Gasteiger partial charge >= 0.3 is 0 Å². The fourth-order valence-electron chi connectivity index (χ4n) is 1.51. The second kappa shape index (κ2) is 5.91. The summed E-state index contributed by atoms with van der Waals surface area (Å²) < 4.78 is 0. The van der Waals surface area contributed by atoms with E-state index in [0.717, 1.165) is 18.9 Å². The molecule has 0 fully saturated rings. The predicted octanol–water partition coefficient (Wildman–Crippen LogP) is 2.72. The van der Waals surface area contributed by atoms with Crippen LogP contribution in [0.15, 0.2) is 12.4 Å². The first-order valence-corrected chi connectivity index (χ1v) is 5.77. The lowest BCUT2D eigenvalue weighted by atomic mass is 9.90. The molecule has 0 amide bonds. The Bertz CT molecular complexity index is 246. The van der Waals surface area contributed by atoms with Crippen LogP contribution in [0.2, 0.25) is 0 Å². The molecule has 0 radical (unpaired) electrons. The molecule has 86 valence electrons. The van der Waals surface area contributed by atoms with Gasteiger partial charge in [-0.15, -0.1) is 0 Å². The number of nitrogens with one attached hydrogen (secondary N) is 2. The summed E-state index contributed by atoms with van der Waals surface area (Å²) in [5, 5.41) is 3.38. The summed E-state index contributed by atoms with van der Waals surface area (Å²) in [6, 6.07) is 0. The van der Waals surface area contributed by atoms with Crippen LogP contribution in [0.5, 0.6) is 0 Å². The highest BCUT2D eigenvalue weighted by molar-refractivity contribution is 4.85. The van der Waals surface area contributed by atoms with Crippen molar-refractivity contribution in [2.24, 2.45) is 5.41 Å². The van der Waals surface area contributed by atoms with Gasteiger partial charge in [-0.2, -0.15) is 0 Å². The lowest BCUT2D eigenvalue weighted by Gasteiger charge is -2.17. The van der Waals surface area contributed by atoms with Gasteiger partial charge in [-0.1, -0.05) is 27.2 Å². The Labute approximate surface area is 92.7 Å². The van der Waals surface area contributed by atoms with Gasteiger partial charge < -0.3 is 10.3 Å². The van der Waals surface area contributed by atoms with Crippen molar-refractivity contribution in [3.63, 3.8) is 0 Å². The molecule has 0 atom stereocenters. The predicted molar refractivity (Wildman–Crippen MR) is 63.6 cm³/mol. The lowest BCUT2D eigenvalue weighted by molar-refractivity contribution is 0.358. The summed E-state index contributed by atoms with van der Waals surface area (Å²) in [6.07, 6.45) is 7.50. The molecule has 0 aliphatic rings. The van der Waals surface area contributed by atoms with Crippen LogP contribution in [0.25, 0.3) is 0 Å². The van der Waals surface area contributed by atoms with Crippen molar-refractivity contribution in [3.8, 4) is 0 Å². The van der Waals surface area contributed by atoms with Gasteiger partial charge in [-0.25, -0.2) is 4.98 Å². The monoisotopic (exact) mass is 209 g/mol. The SMILES string of the molecule is CC(C)(C)CCCCNCc1ncc[nH]1. The van der Waals surface area contributed by atoms with Crippen LogP contribution in [-0.2, 0) is 6.54 Å². The van der Waals surface area contributed by atoms with Crippen molar-refractivity contribution in [2.75, 3.05) is 6.54 Å². The van der Waals surface area contributed by atoms with E-state index in [1.807, 2.05) is 6.20 Å². The molecular weight excluding hydrogens is 186 g/mol. The van der Waals surface area contributed by atoms with Crippen LogP contribution in [0, 0.1) is 5.41 Å². The molecule has 0 saturated heterocycles. The van der Waals surface area contributed by atoms with E-state index in [2.05, 4.69) is 36.1 Å². The number of aromatic nitrogens is 2. The van der Waals surface area contributed by atoms with Gasteiger partial charge in [0, 0.05) is 12.4 Å². The normalized spacial score (nSPS) is 11.9. The molecule has 0 aliphatic carbocycles. The van der Waals surface area contributed by atoms with Crippen molar-refractivity contribution < 1.29 is 0 Å². The highest BCUT2D eigenvalue weighted by Gasteiger charge is 2.08. The Hall–Kier alpha value is -0.830. The van der Waals surface area contributed by atoms with Crippen molar-refractivity contribution >= 4 is 0 Å². The van der Waals surface area contributed by atoms with Gasteiger partial charge in [-0.05, 0) is 24.8 Å². The van der Waals surface area contributed by atoms with Gasteiger partial charge in [0.05, 0.1) is 6.54 Å². The average molecular weight is 209 g/mol. The second-order valence-corrected chi connectivity index (χ2v) is 5.23. The summed E-state index contributed by atoms with van der Waals surface area (Å²) in [5.74, 6) is 1.02. The van der Waals surface area contributed by atoms with Crippen molar-refractivity contribution in [1.82, 2.24) is 15.3 Å². The largest absolute Gasteiger partial charge is 0.348 e. The van der Waals surface area contributed by atoms with Gasteiger partial charge in [0.25, 0.3) is 0 Å². The third kappa shape index (κ3) is 6.28. The number of aromatic amines is 1. The zero-order chi connectivity index (χ0) is 11.1. The zero-order valence-electron chi connectivity index (χ0n) is 10.1. The van der Waals surface area contributed by atoms with E-state index in [1.54, 1.807) is 6.20 Å². The maximum absolute atomic E-state index is 4.16. The summed E-state index contributed by atoms with van der Waals surface area (Å²) in [6.45, 7) is 8.81. The van der Waals surface area contributed by atoms with E-state index in [9.17, 15) is 0 Å². The topological polar surface area (TPSA) is 40.7 Å². The van der Waals surface area contributed by atoms with Crippen molar-refractivity contribution in [2.45, 2.75) is 46.6 Å². The van der Waals surface area contributed by atoms with Gasteiger partial charge in [0.15, 0.2) is 0 Å². The van der Waals surface area contributed by atoms with E-state index in [-0.39, 0.29) is 0 Å². The second-order valence-electron chi connectivity index (χ2n) is 5.23. The third-order valence-corrected chi connectivity index (χ3v) is 2.38. The number of hydrogen-bond acceptors (Lipinski definition) is 2. The molecule has 15 heavy (non-hydrogen) atoms. The molecule has 2 N–H and O–H groups in total. The standard InChI is InChI=1S/C12H23N3/c1-12(2,3)6-4-5-7-13-10-11-14-8-9-15-11/h8-9,13H,4-7,10H2,1-3H3,(H,14,15). The van der Waals surface area contributed by atoms with Gasteiger partial charge in [-0.3, -0.25) is 0 Å². The van der Waals surface area contributed by atoms with Crippen LogP contribution in [0.1, 0.15) is 45.9 Å². The van der Waals surface area contributed by atoms with Crippen LogP contribution in [0.3, 0.4) is 0 Å². The lowest BCUT2D eigenvalue weighted by Crippen LogP contribution is -2.16. The fraction of sp³-hybridized carbons (Fsp3) is 0.750. The minimum atomic E-state index is 0.473. The molecule has 1 heterocycles. The Morgan fingerprint density at radius 1 is 1.33 bits per heavy atom. The minimum absolute atomic E-state index is 0.473. The van der Waals surface area contributed by atoms with E-state index in [1.165, 1.54) is 19.3 Å². The Morgan fingerprint density at radius 3 is 2.73 bits per heavy atom. The number of hydrogen-bond donors (Lipinski definition) is 2. The molecule has 0 aromatic carbocycles. The third-order valence-electron chi connectivity index (χ3n) is 2.38. The van der Waals surface area contributed by atoms with Crippen LogP contribution in [-0.4, -0.2) is 16.5 Å². The van der Waals surface area contributed by atoms with E-state index < -0.39 is 0 Å². The molecule has 0 spiro atoms. The first kappa shape index (κ1) is 12.2. The molecule has 1 rings (SSSR count). The van der Waals surface area contributed by atoms with E-state index in [4.69, 9.17) is 0 Å². The molecule has 0 unspecified atom stereocenters. The number of unbranched alkanes of at least 4 members (excludes halogenated alkanes) is 1. The molecule has 1 aromatic heterocycles. The van der Waals surface area contributed by atoms with E-state index >= 15 is 0 Å². The maximum Gasteiger partial charge on any atom is 0.120 e. The Kier molecular flexibility index (Phi) is 4.82. The van der Waals surface area contributed by atoms with Gasteiger partial charge in [0.2, 0.25) is 0 Å². The summed E-state index contributed by atoms with van der Waals surface area (Å²) >= 11 is 0. The quantitative estimate of drug-likeness (QED) is 0.707. The summed E-state index contributed by atoms with van der Waals surface area (Å²) in [4.78, 5) is 7.23. The minimum Gasteiger partial charge on any atom is -0.348 e. The molecule has 0 bridgehead atoms. The first-order chi connectivity index (χ1) is 7.08. The maximum atomic E-state index is 4.16. The summed E-state index contributed by atoms with van der Waals surface area (Å²) in [5.41, 5.74) is 0.473. The van der Waals surface area contributed by atoms with Crippen LogP contribution >= 0.6 is 0 Å².